The number of carbonyl (C=O) groups is 1. The molecule has 0 heterocycles. The molecule has 0 aliphatic rings. The fourth-order valence-corrected chi connectivity index (χ4v) is 4.27. The first-order chi connectivity index (χ1) is 14.3. The van der Waals surface area contributed by atoms with Crippen molar-refractivity contribution in [2.75, 3.05) is 18.5 Å². The predicted molar refractivity (Wildman–Crippen MR) is 117 cm³/mol. The molecule has 0 aromatic heterocycles. The molecule has 6 nitrogen and oxygen atoms in total. The van der Waals surface area contributed by atoms with Crippen LogP contribution in [0, 0.1) is 6.92 Å². The molecule has 0 unspecified atom stereocenters. The third-order valence-corrected chi connectivity index (χ3v) is 6.61. The SMILES string of the molecule is COc1ccc(CNC(=O)c2ccc(C)c(N(C)S(=O)(=O)c3ccccc3)c2)cc1. The van der Waals surface area contributed by atoms with E-state index >= 15 is 0 Å². The Morgan fingerprint density at radius 2 is 1.67 bits per heavy atom. The molecule has 0 atom stereocenters. The highest BCUT2D eigenvalue weighted by Crippen LogP contribution is 2.26. The maximum absolute atomic E-state index is 12.9. The lowest BCUT2D eigenvalue weighted by molar-refractivity contribution is 0.0951. The summed E-state index contributed by atoms with van der Waals surface area (Å²) in [7, 11) is -0.641. The monoisotopic (exact) mass is 424 g/mol. The molecular weight excluding hydrogens is 400 g/mol. The molecule has 3 aromatic rings. The number of benzene rings is 3. The van der Waals surface area contributed by atoms with Gasteiger partial charge in [0.05, 0.1) is 17.7 Å². The van der Waals surface area contributed by atoms with Crippen LogP contribution in [0.2, 0.25) is 0 Å². The minimum Gasteiger partial charge on any atom is -0.497 e. The van der Waals surface area contributed by atoms with Gasteiger partial charge in [-0.1, -0.05) is 36.4 Å². The summed E-state index contributed by atoms with van der Waals surface area (Å²) in [5.74, 6) is 0.466. The Hall–Kier alpha value is -3.32. The third-order valence-electron chi connectivity index (χ3n) is 4.82. The van der Waals surface area contributed by atoms with Crippen LogP contribution in [0.1, 0.15) is 21.5 Å². The quantitative estimate of drug-likeness (QED) is 0.627. The zero-order chi connectivity index (χ0) is 21.7. The van der Waals surface area contributed by atoms with Crippen LogP contribution in [-0.4, -0.2) is 28.5 Å². The molecule has 3 aromatic carbocycles. The molecule has 0 saturated heterocycles. The van der Waals surface area contributed by atoms with Crippen LogP contribution in [0.15, 0.2) is 77.7 Å². The lowest BCUT2D eigenvalue weighted by Crippen LogP contribution is -2.28. The molecule has 0 aliphatic heterocycles. The normalized spacial score (nSPS) is 11.0. The van der Waals surface area contributed by atoms with Crippen molar-refractivity contribution in [3.63, 3.8) is 0 Å². The number of aryl methyl sites for hydroxylation is 1. The lowest BCUT2D eigenvalue weighted by atomic mass is 10.1. The van der Waals surface area contributed by atoms with E-state index in [1.807, 2.05) is 31.2 Å². The van der Waals surface area contributed by atoms with Crippen molar-refractivity contribution in [1.29, 1.82) is 0 Å². The Balaban J connectivity index is 1.79. The minimum absolute atomic E-state index is 0.196. The summed E-state index contributed by atoms with van der Waals surface area (Å²) >= 11 is 0. The van der Waals surface area contributed by atoms with E-state index in [4.69, 9.17) is 4.74 Å². The molecule has 0 spiro atoms. The third kappa shape index (κ3) is 4.63. The standard InChI is InChI=1S/C23H24N2O4S/c1-17-9-12-19(23(26)24-16-18-10-13-20(29-3)14-11-18)15-22(17)25(2)30(27,28)21-7-5-4-6-8-21/h4-15H,16H2,1-3H3,(H,24,26). The maximum Gasteiger partial charge on any atom is 0.264 e. The number of carbonyl (C=O) groups excluding carboxylic acids is 1. The minimum atomic E-state index is -3.73. The fourth-order valence-electron chi connectivity index (χ4n) is 3.00. The van der Waals surface area contributed by atoms with E-state index in [0.717, 1.165) is 16.9 Å². The second kappa shape index (κ2) is 9.00. The smallest absolute Gasteiger partial charge is 0.264 e. The summed E-state index contributed by atoms with van der Waals surface area (Å²) in [6, 6.07) is 20.6. The number of methoxy groups -OCH3 is 1. The number of hydrogen-bond acceptors (Lipinski definition) is 4. The van der Waals surface area contributed by atoms with Gasteiger partial charge in [-0.15, -0.1) is 0 Å². The predicted octanol–water partition coefficient (Wildman–Crippen LogP) is 3.76. The largest absolute Gasteiger partial charge is 0.497 e. The zero-order valence-corrected chi connectivity index (χ0v) is 17.9. The second-order valence-corrected chi connectivity index (χ2v) is 8.79. The zero-order valence-electron chi connectivity index (χ0n) is 17.1. The number of nitrogens with zero attached hydrogens (tertiary/aromatic N) is 1. The van der Waals surface area contributed by atoms with Gasteiger partial charge in [-0.3, -0.25) is 9.10 Å². The molecule has 0 bridgehead atoms. The first-order valence-electron chi connectivity index (χ1n) is 9.38. The van der Waals surface area contributed by atoms with Gasteiger partial charge < -0.3 is 10.1 Å². The average Bonchev–Trinajstić information content (AvgIpc) is 2.78. The summed E-state index contributed by atoms with van der Waals surface area (Å²) in [5, 5.41) is 2.86. The average molecular weight is 425 g/mol. The van der Waals surface area contributed by atoms with Crippen LogP contribution in [0.5, 0.6) is 5.75 Å². The van der Waals surface area contributed by atoms with Gasteiger partial charge >= 0.3 is 0 Å². The number of nitrogens with one attached hydrogen (secondary N) is 1. The van der Waals surface area contributed by atoms with Crippen LogP contribution < -0.4 is 14.4 Å². The van der Waals surface area contributed by atoms with Gasteiger partial charge in [-0.25, -0.2) is 8.42 Å². The lowest BCUT2D eigenvalue weighted by Gasteiger charge is -2.22. The van der Waals surface area contributed by atoms with E-state index < -0.39 is 10.0 Å². The summed E-state index contributed by atoms with van der Waals surface area (Å²) in [6.07, 6.45) is 0. The summed E-state index contributed by atoms with van der Waals surface area (Å²) in [4.78, 5) is 12.8. The number of anilines is 1. The van der Waals surface area contributed by atoms with E-state index in [1.165, 1.54) is 11.4 Å². The summed E-state index contributed by atoms with van der Waals surface area (Å²) < 4.78 is 32.2. The molecule has 0 saturated carbocycles. The van der Waals surface area contributed by atoms with Crippen molar-refractivity contribution < 1.29 is 17.9 Å². The van der Waals surface area contributed by atoms with Crippen molar-refractivity contribution in [2.45, 2.75) is 18.4 Å². The molecule has 7 heteroatoms. The first kappa shape index (κ1) is 21.4. The number of rotatable bonds is 7. The van der Waals surface area contributed by atoms with E-state index in [9.17, 15) is 13.2 Å². The number of hydrogen-bond donors (Lipinski definition) is 1. The Kier molecular flexibility index (Phi) is 6.42. The van der Waals surface area contributed by atoms with Gasteiger partial charge in [0.15, 0.2) is 0 Å². The van der Waals surface area contributed by atoms with Crippen LogP contribution in [0.25, 0.3) is 0 Å². The van der Waals surface area contributed by atoms with E-state index in [2.05, 4.69) is 5.32 Å². The Morgan fingerprint density at radius 3 is 2.30 bits per heavy atom. The molecule has 3 rings (SSSR count). The van der Waals surface area contributed by atoms with Crippen LogP contribution in [-0.2, 0) is 16.6 Å². The van der Waals surface area contributed by atoms with Gasteiger partial charge in [0.1, 0.15) is 5.75 Å². The van der Waals surface area contributed by atoms with Crippen LogP contribution in [0.4, 0.5) is 5.69 Å². The highest BCUT2D eigenvalue weighted by atomic mass is 32.2. The van der Waals surface area contributed by atoms with Gasteiger partial charge in [0, 0.05) is 19.2 Å². The van der Waals surface area contributed by atoms with Crippen molar-refractivity contribution in [3.8, 4) is 5.75 Å². The number of ether oxygens (including phenoxy) is 1. The second-order valence-electron chi connectivity index (χ2n) is 6.82. The van der Waals surface area contributed by atoms with Crippen molar-refractivity contribution in [2.24, 2.45) is 0 Å². The first-order valence-corrected chi connectivity index (χ1v) is 10.8. The van der Waals surface area contributed by atoms with E-state index in [1.54, 1.807) is 55.6 Å². The Morgan fingerprint density at radius 1 is 1.00 bits per heavy atom. The van der Waals surface area contributed by atoms with Crippen LogP contribution in [0.3, 0.4) is 0 Å². The molecule has 30 heavy (non-hydrogen) atoms. The van der Waals surface area contributed by atoms with Crippen molar-refractivity contribution >= 4 is 21.6 Å². The number of amides is 1. The molecule has 1 N–H and O–H groups in total. The van der Waals surface area contributed by atoms with Gasteiger partial charge in [-0.05, 0) is 54.4 Å². The molecule has 0 fully saturated rings. The molecule has 1 amide bonds. The van der Waals surface area contributed by atoms with Gasteiger partial charge in [0.25, 0.3) is 15.9 Å². The number of sulfonamides is 1. The Bertz CT molecular complexity index is 1130. The molecular formula is C23H24N2O4S. The highest BCUT2D eigenvalue weighted by molar-refractivity contribution is 7.92. The maximum atomic E-state index is 12.9. The molecule has 156 valence electrons. The highest BCUT2D eigenvalue weighted by Gasteiger charge is 2.23. The summed E-state index contributed by atoms with van der Waals surface area (Å²) in [5.41, 5.74) is 2.53. The molecule has 0 aliphatic carbocycles. The van der Waals surface area contributed by atoms with E-state index in [-0.39, 0.29) is 10.8 Å². The van der Waals surface area contributed by atoms with Crippen molar-refractivity contribution in [1.82, 2.24) is 5.32 Å². The topological polar surface area (TPSA) is 75.7 Å². The Labute approximate surface area is 177 Å². The fraction of sp³-hybridized carbons (Fsp3) is 0.174. The van der Waals surface area contributed by atoms with E-state index in [0.29, 0.717) is 17.8 Å². The van der Waals surface area contributed by atoms with Gasteiger partial charge in [0.2, 0.25) is 0 Å². The van der Waals surface area contributed by atoms with Crippen LogP contribution >= 0.6 is 0 Å². The summed E-state index contributed by atoms with van der Waals surface area (Å²) in [6.45, 7) is 2.16. The van der Waals surface area contributed by atoms with Gasteiger partial charge in [-0.2, -0.15) is 0 Å². The van der Waals surface area contributed by atoms with Crippen molar-refractivity contribution in [3.05, 3.63) is 89.5 Å². The molecule has 0 radical (unpaired) electrons.